The van der Waals surface area contributed by atoms with Crippen LogP contribution in [0.3, 0.4) is 0 Å². The smallest absolute Gasteiger partial charge is 0.408 e. The maximum atomic E-state index is 13.0. The van der Waals surface area contributed by atoms with Gasteiger partial charge in [0.2, 0.25) is 11.8 Å². The molecule has 0 saturated heterocycles. The van der Waals surface area contributed by atoms with E-state index in [0.29, 0.717) is 32.0 Å². The third-order valence-electron chi connectivity index (χ3n) is 4.96. The van der Waals surface area contributed by atoms with E-state index in [-0.39, 0.29) is 18.4 Å². The highest BCUT2D eigenvalue weighted by Crippen LogP contribution is 2.09. The van der Waals surface area contributed by atoms with Gasteiger partial charge in [0.15, 0.2) is 0 Å². The molecule has 0 spiro atoms. The summed E-state index contributed by atoms with van der Waals surface area (Å²) in [5.74, 6) is -0.501. The molecule has 1 aromatic carbocycles. The second-order valence-corrected chi connectivity index (χ2v) is 9.12. The zero-order valence-corrected chi connectivity index (χ0v) is 20.4. The van der Waals surface area contributed by atoms with Crippen molar-refractivity contribution in [1.29, 1.82) is 0 Å². The second kappa shape index (κ2) is 15.0. The van der Waals surface area contributed by atoms with Crippen LogP contribution >= 0.6 is 0 Å². The number of hydrogen-bond donors (Lipinski definition) is 3. The third kappa shape index (κ3) is 11.5. The fourth-order valence-corrected chi connectivity index (χ4v) is 3.38. The molecular weight excluding hydrogens is 422 g/mol. The van der Waals surface area contributed by atoms with Gasteiger partial charge in [0.1, 0.15) is 25.0 Å². The molecule has 0 bridgehead atoms. The Kier molecular flexibility index (Phi) is 12.8. The predicted molar refractivity (Wildman–Crippen MR) is 127 cm³/mol. The number of amides is 3. The summed E-state index contributed by atoms with van der Waals surface area (Å²) in [5, 5.41) is 8.08. The molecule has 8 heteroatoms. The fraction of sp³-hybridized carbons (Fsp3) is 0.600. The fourth-order valence-electron chi connectivity index (χ4n) is 3.38. The Morgan fingerprint density at radius 1 is 0.879 bits per heavy atom. The normalized spacial score (nSPS) is 13.7. The van der Waals surface area contributed by atoms with E-state index in [1.54, 1.807) is 0 Å². The highest BCUT2D eigenvalue weighted by molar-refractivity contribution is 5.92. The van der Waals surface area contributed by atoms with Crippen LogP contribution in [0.5, 0.6) is 0 Å². The lowest BCUT2D eigenvalue weighted by Gasteiger charge is -2.25. The van der Waals surface area contributed by atoms with Crippen LogP contribution in [0.25, 0.3) is 0 Å². The minimum atomic E-state index is -0.849. The zero-order chi connectivity index (χ0) is 24.8. The van der Waals surface area contributed by atoms with E-state index in [9.17, 15) is 19.2 Å². The standard InChI is InChI=1S/C25H39N3O5/c1-6-10-21(23(30)26-20(15-29)13-17(2)3)27-24(31)22(14-18(4)5)28-25(32)33-16-19-11-8-7-9-12-19/h7-9,11-12,15,17-18,20-22H,6,10,13-14,16H2,1-5H3,(H,26,30)(H,27,31)(H,28,32)/t20-,21-,22-/m0/s1. The van der Waals surface area contributed by atoms with Gasteiger partial charge in [-0.15, -0.1) is 0 Å². The Hall–Kier alpha value is -2.90. The average Bonchev–Trinajstić information content (AvgIpc) is 2.76. The second-order valence-electron chi connectivity index (χ2n) is 9.12. The topological polar surface area (TPSA) is 114 Å². The minimum Gasteiger partial charge on any atom is -0.445 e. The molecular formula is C25H39N3O5. The first kappa shape index (κ1) is 28.1. The SMILES string of the molecule is CCC[C@H](NC(=O)[C@H](CC(C)C)NC(=O)OCc1ccccc1)C(=O)N[C@H](C=O)CC(C)C. The molecule has 0 radical (unpaired) electrons. The Bertz CT molecular complexity index is 752. The molecule has 8 nitrogen and oxygen atoms in total. The maximum Gasteiger partial charge on any atom is 0.408 e. The molecule has 3 amide bonds. The van der Waals surface area contributed by atoms with Crippen molar-refractivity contribution in [2.45, 2.75) is 85.0 Å². The molecule has 0 heterocycles. The summed E-state index contributed by atoms with van der Waals surface area (Å²) in [4.78, 5) is 49.4. The number of carbonyl (C=O) groups excluding carboxylic acids is 4. The molecule has 0 aliphatic heterocycles. The summed E-state index contributed by atoms with van der Waals surface area (Å²) in [6, 6.07) is 6.99. The largest absolute Gasteiger partial charge is 0.445 e. The lowest BCUT2D eigenvalue weighted by atomic mass is 10.0. The van der Waals surface area contributed by atoms with E-state index in [2.05, 4.69) is 16.0 Å². The predicted octanol–water partition coefficient (Wildman–Crippen LogP) is 3.34. The maximum absolute atomic E-state index is 13.0. The lowest BCUT2D eigenvalue weighted by Crippen LogP contribution is -2.55. The number of hydrogen-bond acceptors (Lipinski definition) is 5. The van der Waals surface area contributed by atoms with Gasteiger partial charge in [-0.2, -0.15) is 0 Å². The Morgan fingerprint density at radius 2 is 1.48 bits per heavy atom. The summed E-state index contributed by atoms with van der Waals surface area (Å²) in [6.07, 6.45) is 2.00. The molecule has 0 aromatic heterocycles. The number of nitrogens with one attached hydrogen (secondary N) is 3. The molecule has 184 valence electrons. The van der Waals surface area contributed by atoms with Crippen LogP contribution in [-0.4, -0.2) is 42.3 Å². The van der Waals surface area contributed by atoms with Crippen LogP contribution in [0.1, 0.15) is 65.9 Å². The number of rotatable bonds is 14. The van der Waals surface area contributed by atoms with Crippen molar-refractivity contribution in [2.75, 3.05) is 0 Å². The van der Waals surface area contributed by atoms with Gasteiger partial charge in [-0.1, -0.05) is 71.4 Å². The minimum absolute atomic E-state index is 0.0898. The number of alkyl carbamates (subject to hydrolysis) is 1. The quantitative estimate of drug-likeness (QED) is 0.368. The molecule has 3 atom stereocenters. The molecule has 0 aliphatic rings. The summed E-state index contributed by atoms with van der Waals surface area (Å²) < 4.78 is 5.25. The van der Waals surface area contributed by atoms with E-state index in [1.165, 1.54) is 0 Å². The number of benzene rings is 1. The van der Waals surface area contributed by atoms with Crippen LogP contribution in [-0.2, 0) is 25.7 Å². The van der Waals surface area contributed by atoms with E-state index in [1.807, 2.05) is 65.0 Å². The molecule has 0 aliphatic carbocycles. The van der Waals surface area contributed by atoms with Gasteiger partial charge in [0.25, 0.3) is 0 Å². The van der Waals surface area contributed by atoms with Crippen LogP contribution in [0.2, 0.25) is 0 Å². The molecule has 0 unspecified atom stereocenters. The van der Waals surface area contributed by atoms with Gasteiger partial charge in [-0.05, 0) is 36.7 Å². The van der Waals surface area contributed by atoms with Gasteiger partial charge >= 0.3 is 6.09 Å². The molecule has 1 aromatic rings. The first-order valence-corrected chi connectivity index (χ1v) is 11.7. The summed E-state index contributed by atoms with van der Waals surface area (Å²) in [5.41, 5.74) is 0.836. The van der Waals surface area contributed by atoms with E-state index in [4.69, 9.17) is 4.74 Å². The Labute approximate surface area is 197 Å². The van der Waals surface area contributed by atoms with Crippen molar-refractivity contribution in [1.82, 2.24) is 16.0 Å². The highest BCUT2D eigenvalue weighted by Gasteiger charge is 2.28. The van der Waals surface area contributed by atoms with Gasteiger partial charge < -0.3 is 25.5 Å². The number of carbonyl (C=O) groups is 4. The number of aldehydes is 1. The summed E-state index contributed by atoms with van der Waals surface area (Å²) in [7, 11) is 0. The van der Waals surface area contributed by atoms with Crippen LogP contribution in [0.15, 0.2) is 30.3 Å². The van der Waals surface area contributed by atoms with E-state index >= 15 is 0 Å². The van der Waals surface area contributed by atoms with Crippen molar-refractivity contribution in [3.8, 4) is 0 Å². The Balaban J connectivity index is 2.78. The number of ether oxygens (including phenoxy) is 1. The first-order chi connectivity index (χ1) is 15.7. The van der Waals surface area contributed by atoms with E-state index in [0.717, 1.165) is 5.56 Å². The first-order valence-electron chi connectivity index (χ1n) is 11.7. The lowest BCUT2D eigenvalue weighted by molar-refractivity contribution is -0.131. The molecule has 0 fully saturated rings. The summed E-state index contributed by atoms with van der Waals surface area (Å²) in [6.45, 7) is 9.80. The van der Waals surface area contributed by atoms with Crippen molar-refractivity contribution < 1.29 is 23.9 Å². The molecule has 0 saturated carbocycles. The molecule has 3 N–H and O–H groups in total. The van der Waals surface area contributed by atoms with Crippen molar-refractivity contribution in [3.05, 3.63) is 35.9 Å². The average molecular weight is 462 g/mol. The van der Waals surface area contributed by atoms with Crippen LogP contribution in [0, 0.1) is 11.8 Å². The third-order valence-corrected chi connectivity index (χ3v) is 4.96. The van der Waals surface area contributed by atoms with Gasteiger partial charge in [0.05, 0.1) is 6.04 Å². The van der Waals surface area contributed by atoms with Crippen molar-refractivity contribution in [2.24, 2.45) is 11.8 Å². The monoisotopic (exact) mass is 461 g/mol. The van der Waals surface area contributed by atoms with Gasteiger partial charge in [-0.25, -0.2) is 4.79 Å². The highest BCUT2D eigenvalue weighted by atomic mass is 16.5. The zero-order valence-electron chi connectivity index (χ0n) is 20.4. The molecule has 33 heavy (non-hydrogen) atoms. The van der Waals surface area contributed by atoms with Crippen molar-refractivity contribution in [3.63, 3.8) is 0 Å². The molecule has 1 rings (SSSR count). The van der Waals surface area contributed by atoms with Crippen LogP contribution in [0.4, 0.5) is 4.79 Å². The van der Waals surface area contributed by atoms with Gasteiger partial charge in [0, 0.05) is 0 Å². The Morgan fingerprint density at radius 3 is 2.03 bits per heavy atom. The van der Waals surface area contributed by atoms with E-state index < -0.39 is 36.0 Å². The van der Waals surface area contributed by atoms with Crippen LogP contribution < -0.4 is 16.0 Å². The summed E-state index contributed by atoms with van der Waals surface area (Å²) >= 11 is 0. The van der Waals surface area contributed by atoms with Crippen molar-refractivity contribution >= 4 is 24.2 Å². The van der Waals surface area contributed by atoms with Gasteiger partial charge in [-0.3, -0.25) is 9.59 Å².